The average molecular weight is 311 g/mol. The molecular weight excluding hydrogens is 295 g/mol. The number of halogens is 2. The maximum atomic E-state index is 9.47. The molecule has 0 amide bonds. The number of hydrogen-bond donors (Lipinski definition) is 2. The van der Waals surface area contributed by atoms with Gasteiger partial charge in [-0.05, 0) is 37.6 Å². The van der Waals surface area contributed by atoms with E-state index in [1.807, 2.05) is 18.2 Å². The van der Waals surface area contributed by atoms with Crippen LogP contribution in [-0.2, 0) is 0 Å². The maximum Gasteiger partial charge on any atom is 0.0997 e. The number of fused-ring (bicyclic) bond motifs is 1. The maximum absolute atomic E-state index is 9.47. The van der Waals surface area contributed by atoms with Crippen LogP contribution in [0.15, 0.2) is 30.0 Å². The van der Waals surface area contributed by atoms with Crippen molar-refractivity contribution >= 4 is 41.3 Å². The van der Waals surface area contributed by atoms with Gasteiger partial charge in [0.1, 0.15) is 0 Å². The molecule has 0 bridgehead atoms. The van der Waals surface area contributed by atoms with Crippen LogP contribution >= 0.6 is 24.8 Å². The number of aromatic amines is 1. The van der Waals surface area contributed by atoms with E-state index in [0.29, 0.717) is 0 Å². The van der Waals surface area contributed by atoms with Crippen LogP contribution in [0.1, 0.15) is 18.4 Å². The predicted octanol–water partition coefficient (Wildman–Crippen LogP) is 3.07. The molecule has 1 aromatic heterocycles. The third-order valence-electron chi connectivity index (χ3n) is 3.43. The van der Waals surface area contributed by atoms with Crippen LogP contribution in [0.2, 0.25) is 0 Å². The predicted molar refractivity (Wildman–Crippen MR) is 85.2 cm³/mol. The number of nitrogens with one attached hydrogen (secondary N) is 2. The average Bonchev–Trinajstić information content (AvgIpc) is 2.90. The van der Waals surface area contributed by atoms with Gasteiger partial charge in [0.15, 0.2) is 0 Å². The van der Waals surface area contributed by atoms with Crippen molar-refractivity contribution in [2.75, 3.05) is 13.1 Å². The number of allylic oxidation sites excluding steroid dienone is 1. The van der Waals surface area contributed by atoms with Gasteiger partial charge in [0.2, 0.25) is 0 Å². The van der Waals surface area contributed by atoms with Crippen LogP contribution in [0.5, 0.6) is 0 Å². The smallest absolute Gasteiger partial charge is 0.0997 e. The van der Waals surface area contributed by atoms with E-state index in [1.165, 1.54) is 5.57 Å². The number of rotatable bonds is 1. The number of benzene rings is 1. The zero-order chi connectivity index (χ0) is 12.4. The van der Waals surface area contributed by atoms with E-state index in [9.17, 15) is 5.26 Å². The molecule has 106 valence electrons. The molecule has 1 aliphatic rings. The van der Waals surface area contributed by atoms with E-state index in [4.69, 9.17) is 0 Å². The summed E-state index contributed by atoms with van der Waals surface area (Å²) in [4.78, 5) is 0. The highest BCUT2D eigenvalue weighted by molar-refractivity contribution is 5.96. The molecular formula is C14H16Cl2N4. The summed E-state index contributed by atoms with van der Waals surface area (Å²) in [5.41, 5.74) is 4.06. The summed E-state index contributed by atoms with van der Waals surface area (Å²) in [5.74, 6) is 0. The van der Waals surface area contributed by atoms with E-state index in [-0.39, 0.29) is 24.8 Å². The molecule has 3 rings (SSSR count). The van der Waals surface area contributed by atoms with Crippen molar-refractivity contribution < 1.29 is 0 Å². The second-order valence-electron chi connectivity index (χ2n) is 4.48. The van der Waals surface area contributed by atoms with Crippen molar-refractivity contribution in [1.29, 1.82) is 5.26 Å². The highest BCUT2D eigenvalue weighted by Crippen LogP contribution is 2.28. The van der Waals surface area contributed by atoms with Crippen molar-refractivity contribution in [3.63, 3.8) is 0 Å². The van der Waals surface area contributed by atoms with Crippen molar-refractivity contribution in [3.05, 3.63) is 35.5 Å². The molecule has 1 fully saturated rings. The number of aromatic nitrogens is 2. The Morgan fingerprint density at radius 2 is 1.95 bits per heavy atom. The molecule has 2 heterocycles. The highest BCUT2D eigenvalue weighted by Gasteiger charge is 2.14. The fraction of sp³-hybridized carbons (Fsp3) is 0.286. The zero-order valence-corrected chi connectivity index (χ0v) is 12.5. The van der Waals surface area contributed by atoms with Gasteiger partial charge < -0.3 is 5.32 Å². The van der Waals surface area contributed by atoms with E-state index in [0.717, 1.165) is 48.0 Å². The minimum Gasteiger partial charge on any atom is -0.316 e. The monoisotopic (exact) mass is 310 g/mol. The van der Waals surface area contributed by atoms with Crippen LogP contribution in [-0.4, -0.2) is 23.3 Å². The second kappa shape index (κ2) is 7.30. The van der Waals surface area contributed by atoms with E-state index in [2.05, 4.69) is 21.6 Å². The Kier molecular flexibility index (Phi) is 6.03. The molecule has 1 aliphatic heterocycles. The lowest BCUT2D eigenvalue weighted by molar-refractivity contribution is 0.612. The molecule has 2 N–H and O–H groups in total. The third-order valence-corrected chi connectivity index (χ3v) is 3.43. The van der Waals surface area contributed by atoms with E-state index in [1.54, 1.807) is 6.20 Å². The first kappa shape index (κ1) is 16.5. The van der Waals surface area contributed by atoms with Crippen molar-refractivity contribution in [2.24, 2.45) is 0 Å². The Bertz CT molecular complexity index is 646. The fourth-order valence-electron chi connectivity index (χ4n) is 2.49. The first-order chi connectivity index (χ1) is 8.90. The minimum atomic E-state index is 0. The Morgan fingerprint density at radius 1 is 1.20 bits per heavy atom. The summed E-state index contributed by atoms with van der Waals surface area (Å²) < 4.78 is 0. The van der Waals surface area contributed by atoms with Crippen LogP contribution in [0, 0.1) is 11.3 Å². The topological polar surface area (TPSA) is 64.5 Å². The molecule has 1 saturated heterocycles. The van der Waals surface area contributed by atoms with Gasteiger partial charge in [0.25, 0.3) is 0 Å². The second-order valence-corrected chi connectivity index (χ2v) is 4.48. The SMILES string of the molecule is Cl.Cl.N#CC(=C1CCNCC1)c1cccc2[nH]ncc12. The van der Waals surface area contributed by atoms with Crippen LogP contribution in [0.4, 0.5) is 0 Å². The molecule has 0 aliphatic carbocycles. The summed E-state index contributed by atoms with van der Waals surface area (Å²) in [6.07, 6.45) is 3.71. The molecule has 0 radical (unpaired) electrons. The Hall–Kier alpha value is -1.54. The van der Waals surface area contributed by atoms with Crippen molar-refractivity contribution in [2.45, 2.75) is 12.8 Å². The lowest BCUT2D eigenvalue weighted by Crippen LogP contribution is -2.23. The lowest BCUT2D eigenvalue weighted by Gasteiger charge is -2.17. The van der Waals surface area contributed by atoms with Crippen molar-refractivity contribution in [1.82, 2.24) is 15.5 Å². The quantitative estimate of drug-likeness (QED) is 0.796. The standard InChI is InChI=1S/C14H14N4.2ClH/c15-8-12(10-4-6-16-7-5-10)11-2-1-3-14-13(11)9-17-18-14;;/h1-3,9,16H,4-7H2,(H,17,18);2*1H. The zero-order valence-electron chi connectivity index (χ0n) is 10.8. The minimum absolute atomic E-state index is 0. The van der Waals surface area contributed by atoms with Gasteiger partial charge in [-0.15, -0.1) is 24.8 Å². The van der Waals surface area contributed by atoms with E-state index >= 15 is 0 Å². The summed E-state index contributed by atoms with van der Waals surface area (Å²) in [5, 5.41) is 20.8. The number of H-pyrrole nitrogens is 1. The molecule has 0 atom stereocenters. The fourth-order valence-corrected chi connectivity index (χ4v) is 2.49. The molecule has 6 heteroatoms. The molecule has 2 aromatic rings. The van der Waals surface area contributed by atoms with Crippen LogP contribution < -0.4 is 5.32 Å². The number of nitrogens with zero attached hydrogens (tertiary/aromatic N) is 2. The number of piperidine rings is 1. The largest absolute Gasteiger partial charge is 0.316 e. The summed E-state index contributed by atoms with van der Waals surface area (Å²) in [7, 11) is 0. The van der Waals surface area contributed by atoms with Gasteiger partial charge in [-0.3, -0.25) is 5.10 Å². The Morgan fingerprint density at radius 3 is 2.65 bits per heavy atom. The molecule has 1 aromatic carbocycles. The third kappa shape index (κ3) is 2.96. The lowest BCUT2D eigenvalue weighted by atomic mass is 9.93. The highest BCUT2D eigenvalue weighted by atomic mass is 35.5. The van der Waals surface area contributed by atoms with Crippen molar-refractivity contribution in [3.8, 4) is 6.07 Å². The van der Waals surface area contributed by atoms with Gasteiger partial charge in [-0.2, -0.15) is 10.4 Å². The van der Waals surface area contributed by atoms with Gasteiger partial charge in [-0.1, -0.05) is 12.1 Å². The molecule has 20 heavy (non-hydrogen) atoms. The van der Waals surface area contributed by atoms with Gasteiger partial charge in [0, 0.05) is 10.9 Å². The van der Waals surface area contributed by atoms with Gasteiger partial charge in [-0.25, -0.2) is 0 Å². The molecule has 0 unspecified atom stereocenters. The number of hydrogen-bond acceptors (Lipinski definition) is 3. The van der Waals surface area contributed by atoms with E-state index < -0.39 is 0 Å². The van der Waals surface area contributed by atoms with Crippen LogP contribution in [0.3, 0.4) is 0 Å². The Labute approximate surface area is 130 Å². The first-order valence-electron chi connectivity index (χ1n) is 6.15. The van der Waals surface area contributed by atoms with Crippen LogP contribution in [0.25, 0.3) is 16.5 Å². The van der Waals surface area contributed by atoms with Gasteiger partial charge >= 0.3 is 0 Å². The normalized spacial score (nSPS) is 14.1. The summed E-state index contributed by atoms with van der Waals surface area (Å²) in [6, 6.07) is 8.33. The number of nitriles is 1. The summed E-state index contributed by atoms with van der Waals surface area (Å²) in [6.45, 7) is 1.92. The molecule has 0 saturated carbocycles. The molecule has 0 spiro atoms. The molecule has 4 nitrogen and oxygen atoms in total. The first-order valence-corrected chi connectivity index (χ1v) is 6.15. The Balaban J connectivity index is 0.000001000. The van der Waals surface area contributed by atoms with Gasteiger partial charge in [0.05, 0.1) is 23.4 Å². The summed E-state index contributed by atoms with van der Waals surface area (Å²) >= 11 is 0.